The Morgan fingerprint density at radius 1 is 1.20 bits per heavy atom. The summed E-state index contributed by atoms with van der Waals surface area (Å²) in [5.74, 6) is -1.25. The molecular weight excluding hydrogens is 460 g/mol. The number of aromatic nitrogens is 1. The van der Waals surface area contributed by atoms with Gasteiger partial charge in [0.15, 0.2) is 0 Å². The molecule has 194 valence electrons. The van der Waals surface area contributed by atoms with Gasteiger partial charge in [0.1, 0.15) is 5.78 Å². The van der Waals surface area contributed by atoms with Crippen molar-refractivity contribution in [1.29, 1.82) is 0 Å². The van der Waals surface area contributed by atoms with Crippen LogP contribution in [0.15, 0.2) is 34.8 Å². The molecule has 2 heterocycles. The topological polar surface area (TPSA) is 90.7 Å². The molecule has 1 aliphatic heterocycles. The molecule has 35 heavy (non-hydrogen) atoms. The average Bonchev–Trinajstić information content (AvgIpc) is 3.20. The van der Waals surface area contributed by atoms with Crippen LogP contribution in [-0.4, -0.2) is 57.1 Å². The number of aliphatic hydroxyl groups excluding tert-OH is 2. The fraction of sp³-hybridized carbons (Fsp3) is 0.607. The van der Waals surface area contributed by atoms with Crippen molar-refractivity contribution in [3.05, 3.63) is 45.5 Å². The van der Waals surface area contributed by atoms with Crippen molar-refractivity contribution in [1.82, 2.24) is 9.88 Å². The molecule has 1 amide bonds. The van der Waals surface area contributed by atoms with E-state index in [0.29, 0.717) is 12.8 Å². The van der Waals surface area contributed by atoms with Crippen molar-refractivity contribution >= 4 is 29.1 Å². The zero-order chi connectivity index (χ0) is 26.5. The molecule has 0 bridgehead atoms. The Morgan fingerprint density at radius 2 is 1.86 bits per heavy atom. The molecule has 6 nitrogen and oxygen atoms in total. The van der Waals surface area contributed by atoms with Crippen LogP contribution in [0.25, 0.3) is 6.08 Å². The highest BCUT2D eigenvalue weighted by molar-refractivity contribution is 7.09. The summed E-state index contributed by atoms with van der Waals surface area (Å²) in [7, 11) is 1.74. The third-order valence-electron chi connectivity index (χ3n) is 7.30. The standard InChI is InChI=1S/C28H42N2O4S/c1-17-10-9-11-18(2)26(33)20(4)27(34)28(6,7)24(31)15-25(32)30(8)23(13-12-17)19(3)14-22-16-35-21(5)29-22/h9-10,12,14,16,18,20,23-24,26,31,33H,11,13,15H2,1-8H3/b10-9?,17-12?,19-14+/t18-,20+,23-,24-,26-/m0/s1. The first-order valence-corrected chi connectivity index (χ1v) is 13.2. The van der Waals surface area contributed by atoms with Crippen LogP contribution < -0.4 is 0 Å². The number of aryl methyl sites for hydroxylation is 1. The monoisotopic (exact) mass is 502 g/mol. The van der Waals surface area contributed by atoms with Crippen molar-refractivity contribution in [3.8, 4) is 0 Å². The average molecular weight is 503 g/mol. The zero-order valence-corrected chi connectivity index (χ0v) is 23.2. The molecule has 0 fully saturated rings. The maximum atomic E-state index is 13.3. The molecule has 0 saturated carbocycles. The number of rotatable bonds is 2. The number of nitrogens with zero attached hydrogens (tertiary/aromatic N) is 2. The number of ketones is 1. The molecule has 2 N–H and O–H groups in total. The van der Waals surface area contributed by atoms with E-state index in [2.05, 4.69) is 11.1 Å². The molecule has 0 aliphatic carbocycles. The first-order valence-electron chi connectivity index (χ1n) is 12.3. The summed E-state index contributed by atoms with van der Waals surface area (Å²) >= 11 is 1.58. The number of hydrogen-bond donors (Lipinski definition) is 2. The summed E-state index contributed by atoms with van der Waals surface area (Å²) < 4.78 is 0. The highest BCUT2D eigenvalue weighted by atomic mass is 32.1. The van der Waals surface area contributed by atoms with E-state index >= 15 is 0 Å². The predicted molar refractivity (Wildman–Crippen MR) is 143 cm³/mol. The largest absolute Gasteiger partial charge is 0.392 e. The van der Waals surface area contributed by atoms with Gasteiger partial charge >= 0.3 is 0 Å². The number of hydrogen-bond acceptors (Lipinski definition) is 6. The van der Waals surface area contributed by atoms with Gasteiger partial charge in [-0.1, -0.05) is 51.5 Å². The van der Waals surface area contributed by atoms with Crippen LogP contribution in [0.5, 0.6) is 0 Å². The quantitative estimate of drug-likeness (QED) is 0.597. The van der Waals surface area contributed by atoms with Gasteiger partial charge in [-0.15, -0.1) is 11.3 Å². The van der Waals surface area contributed by atoms with Crippen LogP contribution in [0.4, 0.5) is 0 Å². The van der Waals surface area contributed by atoms with Gasteiger partial charge in [0.05, 0.1) is 40.8 Å². The van der Waals surface area contributed by atoms with Crippen LogP contribution >= 0.6 is 11.3 Å². The molecule has 1 aromatic rings. The summed E-state index contributed by atoms with van der Waals surface area (Å²) in [5, 5.41) is 24.7. The highest BCUT2D eigenvalue weighted by Gasteiger charge is 2.42. The lowest BCUT2D eigenvalue weighted by Gasteiger charge is -2.36. The molecule has 0 unspecified atom stereocenters. The lowest BCUT2D eigenvalue weighted by Crippen LogP contribution is -2.47. The molecule has 0 aromatic carbocycles. The molecule has 5 atom stereocenters. The Balaban J connectivity index is 2.45. The van der Waals surface area contributed by atoms with Gasteiger partial charge in [-0.3, -0.25) is 9.59 Å². The Morgan fingerprint density at radius 3 is 2.46 bits per heavy atom. The summed E-state index contributed by atoms with van der Waals surface area (Å²) in [4.78, 5) is 32.7. The SMILES string of the molecule is CC1=CC[C@@H](/C(C)=C/c2csc(C)n2)N(C)C(=O)C[C@H](O)C(C)(C)C(=O)[C@H](C)[C@@H](O)[C@@H](C)CC=C1. The van der Waals surface area contributed by atoms with Crippen molar-refractivity contribution in [2.24, 2.45) is 17.3 Å². The van der Waals surface area contributed by atoms with E-state index < -0.39 is 23.5 Å². The Bertz CT molecular complexity index is 991. The predicted octanol–water partition coefficient (Wildman–Crippen LogP) is 4.96. The number of aliphatic hydroxyl groups is 2. The second kappa shape index (κ2) is 12.2. The fourth-order valence-corrected chi connectivity index (χ4v) is 5.11. The Labute approximate surface area is 214 Å². The molecule has 0 radical (unpaired) electrons. The number of amides is 1. The van der Waals surface area contributed by atoms with Gasteiger partial charge in [-0.2, -0.15) is 0 Å². The van der Waals surface area contributed by atoms with Crippen LogP contribution in [-0.2, 0) is 9.59 Å². The minimum absolute atomic E-state index is 0.119. The lowest BCUT2D eigenvalue weighted by molar-refractivity contribution is -0.145. The van der Waals surface area contributed by atoms with E-state index in [-0.39, 0.29) is 30.1 Å². The molecule has 0 saturated heterocycles. The first kappa shape index (κ1) is 29.1. The maximum absolute atomic E-state index is 13.3. The van der Waals surface area contributed by atoms with Crippen LogP contribution in [0.1, 0.15) is 71.5 Å². The summed E-state index contributed by atoms with van der Waals surface area (Å²) in [6, 6.07) is -0.216. The van der Waals surface area contributed by atoms with Gasteiger partial charge in [-0.25, -0.2) is 4.98 Å². The number of carbonyl (C=O) groups is 2. The second-order valence-corrected chi connectivity index (χ2v) is 11.6. The first-order chi connectivity index (χ1) is 16.2. The number of thiazole rings is 1. The van der Waals surface area contributed by atoms with Crippen LogP contribution in [0.3, 0.4) is 0 Å². The van der Waals surface area contributed by atoms with Gasteiger partial charge in [-0.05, 0) is 51.2 Å². The van der Waals surface area contributed by atoms with Crippen molar-refractivity contribution < 1.29 is 19.8 Å². The van der Waals surface area contributed by atoms with Gasteiger partial charge in [0.2, 0.25) is 5.91 Å². The number of Topliss-reactive ketones (excluding diaryl/α,β-unsaturated/α-hetero) is 1. The summed E-state index contributed by atoms with van der Waals surface area (Å²) in [5.41, 5.74) is 1.76. The van der Waals surface area contributed by atoms with E-state index in [4.69, 9.17) is 0 Å². The molecule has 0 spiro atoms. The van der Waals surface area contributed by atoms with Gasteiger partial charge in [0.25, 0.3) is 0 Å². The highest BCUT2D eigenvalue weighted by Crippen LogP contribution is 2.32. The van der Waals surface area contributed by atoms with Gasteiger partial charge < -0.3 is 15.1 Å². The summed E-state index contributed by atoms with van der Waals surface area (Å²) in [6.07, 6.45) is 7.24. The zero-order valence-electron chi connectivity index (χ0n) is 22.4. The Hall–Kier alpha value is -2.09. The minimum atomic E-state index is -1.17. The van der Waals surface area contributed by atoms with Crippen molar-refractivity contribution in [2.75, 3.05) is 7.05 Å². The fourth-order valence-electron chi connectivity index (χ4n) is 4.54. The number of carbonyl (C=O) groups excluding carboxylic acids is 2. The lowest BCUT2D eigenvalue weighted by atomic mass is 9.73. The summed E-state index contributed by atoms with van der Waals surface area (Å²) in [6.45, 7) is 12.9. The van der Waals surface area contributed by atoms with Crippen molar-refractivity contribution in [2.45, 2.75) is 86.0 Å². The number of allylic oxidation sites excluding steroid dienone is 3. The van der Waals surface area contributed by atoms with E-state index in [1.54, 1.807) is 44.1 Å². The third-order valence-corrected chi connectivity index (χ3v) is 8.09. The second-order valence-electron chi connectivity index (χ2n) is 10.6. The number of likely N-dealkylation sites (N-methyl/N-ethyl adjacent to an activating group) is 1. The van der Waals surface area contributed by atoms with Crippen molar-refractivity contribution in [3.63, 3.8) is 0 Å². The molecular formula is C28H42N2O4S. The van der Waals surface area contributed by atoms with E-state index in [0.717, 1.165) is 21.8 Å². The normalized spacial score (nSPS) is 29.9. The van der Waals surface area contributed by atoms with Crippen LogP contribution in [0.2, 0.25) is 0 Å². The molecule has 1 aliphatic rings. The van der Waals surface area contributed by atoms with E-state index in [1.807, 2.05) is 51.3 Å². The molecule has 7 heteroatoms. The molecule has 1 aromatic heterocycles. The Kier molecular flexibility index (Phi) is 10.2. The maximum Gasteiger partial charge on any atom is 0.225 e. The third kappa shape index (κ3) is 7.45. The van der Waals surface area contributed by atoms with E-state index in [9.17, 15) is 19.8 Å². The van der Waals surface area contributed by atoms with E-state index in [1.165, 1.54) is 0 Å². The minimum Gasteiger partial charge on any atom is -0.392 e. The smallest absolute Gasteiger partial charge is 0.225 e. The molecule has 2 rings (SSSR count). The van der Waals surface area contributed by atoms with Crippen LogP contribution in [0, 0.1) is 24.2 Å². The van der Waals surface area contributed by atoms with Gasteiger partial charge in [0, 0.05) is 18.3 Å².